The number of hydrogen-bond donors (Lipinski definition) is 2. The topological polar surface area (TPSA) is 124 Å². The zero-order valence-electron chi connectivity index (χ0n) is 24.9. The lowest BCUT2D eigenvalue weighted by Gasteiger charge is -2.17. The van der Waals surface area contributed by atoms with Gasteiger partial charge in [-0.2, -0.15) is 0 Å². The van der Waals surface area contributed by atoms with Gasteiger partial charge in [0.1, 0.15) is 22.9 Å². The monoisotopic (exact) mass is 633 g/mol. The molecule has 44 heavy (non-hydrogen) atoms. The molecule has 0 bridgehead atoms. The van der Waals surface area contributed by atoms with Crippen LogP contribution in [0.4, 0.5) is 24.8 Å². The molecule has 0 aliphatic carbocycles. The Kier molecular flexibility index (Phi) is 9.72. The molecule has 1 amide bonds. The van der Waals surface area contributed by atoms with E-state index in [2.05, 4.69) is 25.3 Å². The van der Waals surface area contributed by atoms with E-state index in [1.165, 1.54) is 24.4 Å². The highest BCUT2D eigenvalue weighted by Crippen LogP contribution is 2.35. The van der Waals surface area contributed by atoms with Crippen molar-refractivity contribution >= 4 is 38.4 Å². The Bertz CT molecular complexity index is 1750. The Morgan fingerprint density at radius 2 is 1.75 bits per heavy atom. The molecule has 2 aromatic carbocycles. The van der Waals surface area contributed by atoms with Crippen LogP contribution >= 0.6 is 0 Å². The highest BCUT2D eigenvalue weighted by molar-refractivity contribution is 7.91. The van der Waals surface area contributed by atoms with Crippen LogP contribution in [0.5, 0.6) is 17.2 Å². The molecule has 0 aliphatic rings. The molecule has 2 N–H and O–H groups in total. The average molecular weight is 634 g/mol. The number of halogens is 3. The molecule has 236 valence electrons. The van der Waals surface area contributed by atoms with Crippen molar-refractivity contribution in [1.29, 1.82) is 0 Å². The third-order valence-corrected chi connectivity index (χ3v) is 9.07. The van der Waals surface area contributed by atoms with Crippen LogP contribution in [0.3, 0.4) is 0 Å². The highest BCUT2D eigenvalue weighted by Gasteiger charge is 2.32. The SMILES string of the molecule is CC(C)c1cc(Nc2nc3cc(Oc4ccnc(C(=O)NCCCS(=O)(=O)C(C)C)c4)ccc3n2C)ccc1OC(F)(F)F. The minimum absolute atomic E-state index is 0.0169. The summed E-state index contributed by atoms with van der Waals surface area (Å²) in [6.07, 6.45) is -3.06. The largest absolute Gasteiger partial charge is 0.573 e. The summed E-state index contributed by atoms with van der Waals surface area (Å²) in [5.74, 6) is 0.336. The van der Waals surface area contributed by atoms with Gasteiger partial charge in [0.05, 0.1) is 22.0 Å². The van der Waals surface area contributed by atoms with Crippen LogP contribution in [-0.4, -0.2) is 52.8 Å². The van der Waals surface area contributed by atoms with Gasteiger partial charge in [-0.15, -0.1) is 13.2 Å². The van der Waals surface area contributed by atoms with E-state index in [0.29, 0.717) is 40.6 Å². The fraction of sp³-hybridized carbons (Fsp3) is 0.367. The summed E-state index contributed by atoms with van der Waals surface area (Å²) in [6, 6.07) is 12.7. The standard InChI is InChI=1S/C30H34F3N5O5S/c1-18(2)23-15-20(7-10-27(23)43-30(31,32)33)36-29-37-24-16-21(8-9-26(24)38(29)5)42-22-11-13-34-25(17-22)28(39)35-12-6-14-44(40,41)19(3)4/h7-11,13,15-19H,6,12,14H2,1-5H3,(H,35,39)(H,36,37). The normalized spacial score (nSPS) is 12.1. The number of amides is 1. The van der Waals surface area contributed by atoms with Gasteiger partial charge in [-0.3, -0.25) is 9.78 Å². The van der Waals surface area contributed by atoms with Gasteiger partial charge in [0.25, 0.3) is 5.91 Å². The first-order valence-corrected chi connectivity index (χ1v) is 15.6. The fourth-order valence-electron chi connectivity index (χ4n) is 4.32. The van der Waals surface area contributed by atoms with Crippen molar-refractivity contribution in [3.8, 4) is 17.2 Å². The summed E-state index contributed by atoms with van der Waals surface area (Å²) in [4.78, 5) is 21.3. The zero-order valence-corrected chi connectivity index (χ0v) is 25.7. The van der Waals surface area contributed by atoms with Gasteiger partial charge < -0.3 is 24.7 Å². The van der Waals surface area contributed by atoms with Crippen molar-refractivity contribution in [3.05, 3.63) is 66.0 Å². The van der Waals surface area contributed by atoms with Crippen molar-refractivity contribution in [2.45, 2.75) is 51.6 Å². The summed E-state index contributed by atoms with van der Waals surface area (Å²) in [6.45, 7) is 6.99. The van der Waals surface area contributed by atoms with Crippen molar-refractivity contribution in [3.63, 3.8) is 0 Å². The van der Waals surface area contributed by atoms with Crippen molar-refractivity contribution in [2.24, 2.45) is 7.05 Å². The number of aromatic nitrogens is 3. The minimum Gasteiger partial charge on any atom is -0.457 e. The summed E-state index contributed by atoms with van der Waals surface area (Å²) in [5, 5.41) is 5.37. The van der Waals surface area contributed by atoms with Gasteiger partial charge in [0.2, 0.25) is 5.95 Å². The van der Waals surface area contributed by atoms with E-state index in [-0.39, 0.29) is 29.7 Å². The van der Waals surface area contributed by atoms with Crippen LogP contribution in [-0.2, 0) is 16.9 Å². The van der Waals surface area contributed by atoms with E-state index >= 15 is 0 Å². The number of alkyl halides is 3. The number of pyridine rings is 1. The number of rotatable bonds is 12. The van der Waals surface area contributed by atoms with Gasteiger partial charge in [-0.1, -0.05) is 13.8 Å². The van der Waals surface area contributed by atoms with E-state index in [4.69, 9.17) is 4.74 Å². The first kappa shape index (κ1) is 32.6. The van der Waals surface area contributed by atoms with Crippen LogP contribution in [0, 0.1) is 0 Å². The molecule has 4 rings (SSSR count). The van der Waals surface area contributed by atoms with Crippen molar-refractivity contribution < 1.29 is 35.9 Å². The first-order valence-electron chi connectivity index (χ1n) is 13.9. The number of aryl methyl sites for hydroxylation is 1. The van der Waals surface area contributed by atoms with Gasteiger partial charge >= 0.3 is 6.36 Å². The molecular weight excluding hydrogens is 599 g/mol. The molecule has 4 aromatic rings. The molecular formula is C30H34F3N5O5S. The Morgan fingerprint density at radius 3 is 2.43 bits per heavy atom. The molecule has 0 saturated carbocycles. The number of anilines is 2. The van der Waals surface area contributed by atoms with Crippen LogP contribution in [0.15, 0.2) is 54.7 Å². The molecule has 0 atom stereocenters. The molecule has 0 spiro atoms. The third-order valence-electron chi connectivity index (χ3n) is 6.78. The van der Waals surface area contributed by atoms with Gasteiger partial charge in [0, 0.05) is 37.6 Å². The Hall–Kier alpha value is -4.33. The third kappa shape index (κ3) is 8.18. The Morgan fingerprint density at radius 1 is 1.02 bits per heavy atom. The summed E-state index contributed by atoms with van der Waals surface area (Å²) < 4.78 is 74.4. The van der Waals surface area contributed by atoms with Crippen LogP contribution in [0.1, 0.15) is 56.1 Å². The predicted molar refractivity (Wildman–Crippen MR) is 161 cm³/mol. The van der Waals surface area contributed by atoms with Gasteiger partial charge in [-0.25, -0.2) is 13.4 Å². The summed E-state index contributed by atoms with van der Waals surface area (Å²) in [7, 11) is -1.38. The van der Waals surface area contributed by atoms with Crippen molar-refractivity contribution in [1.82, 2.24) is 19.9 Å². The number of carbonyl (C=O) groups excluding carboxylic acids is 1. The molecule has 14 heteroatoms. The molecule has 0 unspecified atom stereocenters. The van der Waals surface area contributed by atoms with E-state index < -0.39 is 27.4 Å². The fourth-order valence-corrected chi connectivity index (χ4v) is 5.33. The zero-order chi connectivity index (χ0) is 32.2. The van der Waals surface area contributed by atoms with Gasteiger partial charge in [-0.05, 0) is 68.1 Å². The lowest BCUT2D eigenvalue weighted by molar-refractivity contribution is -0.274. The number of sulfone groups is 1. The molecule has 2 heterocycles. The smallest absolute Gasteiger partial charge is 0.457 e. The number of nitrogens with zero attached hydrogens (tertiary/aromatic N) is 3. The minimum atomic E-state index is -4.79. The number of nitrogens with one attached hydrogen (secondary N) is 2. The van der Waals surface area contributed by atoms with Crippen molar-refractivity contribution in [2.75, 3.05) is 17.6 Å². The van der Waals surface area contributed by atoms with Crippen LogP contribution in [0.2, 0.25) is 0 Å². The molecule has 2 aromatic heterocycles. The van der Waals surface area contributed by atoms with Crippen LogP contribution < -0.4 is 20.1 Å². The number of benzene rings is 2. The van der Waals surface area contributed by atoms with Gasteiger partial charge in [0.15, 0.2) is 9.84 Å². The molecule has 0 aliphatic heterocycles. The van der Waals surface area contributed by atoms with E-state index in [1.54, 1.807) is 63.6 Å². The molecule has 10 nitrogen and oxygen atoms in total. The lowest BCUT2D eigenvalue weighted by atomic mass is 10.0. The Balaban J connectivity index is 1.45. The summed E-state index contributed by atoms with van der Waals surface area (Å²) in [5.41, 5.74) is 2.42. The number of hydrogen-bond acceptors (Lipinski definition) is 8. The molecule has 0 radical (unpaired) electrons. The first-order chi connectivity index (χ1) is 20.6. The number of imidazole rings is 1. The second-order valence-corrected chi connectivity index (χ2v) is 13.4. The van der Waals surface area contributed by atoms with Crippen LogP contribution in [0.25, 0.3) is 11.0 Å². The quantitative estimate of drug-likeness (QED) is 0.170. The van der Waals surface area contributed by atoms with E-state index in [0.717, 1.165) is 5.52 Å². The number of carbonyl (C=O) groups is 1. The maximum atomic E-state index is 12.8. The lowest BCUT2D eigenvalue weighted by Crippen LogP contribution is -2.28. The molecule has 0 saturated heterocycles. The Labute approximate surface area is 253 Å². The number of fused-ring (bicyclic) bond motifs is 1. The highest BCUT2D eigenvalue weighted by atomic mass is 32.2. The second-order valence-electron chi connectivity index (χ2n) is 10.7. The second kappa shape index (κ2) is 13.1. The van der Waals surface area contributed by atoms with E-state index in [1.807, 2.05) is 6.07 Å². The average Bonchev–Trinajstić information content (AvgIpc) is 3.24. The summed E-state index contributed by atoms with van der Waals surface area (Å²) >= 11 is 0. The maximum Gasteiger partial charge on any atom is 0.573 e. The van der Waals surface area contributed by atoms with E-state index in [9.17, 15) is 26.4 Å². The molecule has 0 fully saturated rings. The maximum absolute atomic E-state index is 12.8. The predicted octanol–water partition coefficient (Wildman–Crippen LogP) is 6.47. The number of ether oxygens (including phenoxy) is 2.